The van der Waals surface area contributed by atoms with Gasteiger partial charge in [0.15, 0.2) is 5.65 Å². The predicted molar refractivity (Wildman–Crippen MR) is 123 cm³/mol. The van der Waals surface area contributed by atoms with E-state index >= 15 is 0 Å². The van der Waals surface area contributed by atoms with Crippen LogP contribution in [0.3, 0.4) is 0 Å². The maximum atomic E-state index is 12.9. The molecule has 0 saturated carbocycles. The third kappa shape index (κ3) is 5.70. The SMILES string of the molecule is O=C(CSCC(=O)Nc1ccc(Cc2nnc3ccccn23)cc1)Nc1ccc(F)cc1. The highest BCUT2D eigenvalue weighted by atomic mass is 32.2. The molecular weight excluding hydrogens is 429 g/mol. The number of fused-ring (bicyclic) bond motifs is 1. The van der Waals surface area contributed by atoms with Crippen LogP contribution in [0, 0.1) is 5.82 Å². The van der Waals surface area contributed by atoms with Crippen molar-refractivity contribution in [3.8, 4) is 0 Å². The number of benzene rings is 2. The first-order valence-corrected chi connectivity index (χ1v) is 11.0. The second-order valence-electron chi connectivity index (χ2n) is 7.01. The minimum absolute atomic E-state index is 0.121. The second-order valence-corrected chi connectivity index (χ2v) is 8.00. The van der Waals surface area contributed by atoms with Gasteiger partial charge >= 0.3 is 0 Å². The van der Waals surface area contributed by atoms with Gasteiger partial charge in [0.05, 0.1) is 11.5 Å². The molecule has 7 nitrogen and oxygen atoms in total. The third-order valence-corrected chi connectivity index (χ3v) is 5.51. The first-order valence-electron chi connectivity index (χ1n) is 9.87. The molecule has 0 unspecified atom stereocenters. The van der Waals surface area contributed by atoms with Gasteiger partial charge in [-0.05, 0) is 54.1 Å². The fourth-order valence-electron chi connectivity index (χ4n) is 3.06. The van der Waals surface area contributed by atoms with Crippen molar-refractivity contribution in [3.05, 3.63) is 90.1 Å². The van der Waals surface area contributed by atoms with Crippen molar-refractivity contribution in [1.29, 1.82) is 0 Å². The molecule has 4 aromatic rings. The van der Waals surface area contributed by atoms with Crippen LogP contribution in [0.1, 0.15) is 11.4 Å². The Bertz CT molecular complexity index is 1230. The summed E-state index contributed by atoms with van der Waals surface area (Å²) in [4.78, 5) is 24.1. The zero-order chi connectivity index (χ0) is 22.3. The summed E-state index contributed by atoms with van der Waals surface area (Å²) in [5.74, 6) is 0.294. The van der Waals surface area contributed by atoms with E-state index in [2.05, 4.69) is 20.8 Å². The number of halogens is 1. The summed E-state index contributed by atoms with van der Waals surface area (Å²) >= 11 is 1.20. The van der Waals surface area contributed by atoms with Crippen LogP contribution in [0.4, 0.5) is 15.8 Å². The number of anilines is 2. The molecule has 2 amide bonds. The van der Waals surface area contributed by atoms with E-state index in [1.807, 2.05) is 53.1 Å². The molecule has 2 aromatic carbocycles. The number of aromatic nitrogens is 3. The Morgan fingerprint density at radius 3 is 2.12 bits per heavy atom. The van der Waals surface area contributed by atoms with Gasteiger partial charge in [0, 0.05) is 24.0 Å². The average molecular weight is 450 g/mol. The summed E-state index contributed by atoms with van der Waals surface area (Å²) in [6, 6.07) is 18.8. The van der Waals surface area contributed by atoms with E-state index in [-0.39, 0.29) is 29.1 Å². The van der Waals surface area contributed by atoms with E-state index in [0.717, 1.165) is 17.0 Å². The Labute approximate surface area is 188 Å². The number of carbonyl (C=O) groups is 2. The molecule has 162 valence electrons. The number of carbonyl (C=O) groups excluding carboxylic acids is 2. The summed E-state index contributed by atoms with van der Waals surface area (Å²) in [6.45, 7) is 0. The molecule has 0 fully saturated rings. The number of rotatable bonds is 8. The van der Waals surface area contributed by atoms with Gasteiger partial charge in [-0.25, -0.2) is 4.39 Å². The molecule has 0 bridgehead atoms. The molecule has 0 aliphatic rings. The highest BCUT2D eigenvalue weighted by molar-refractivity contribution is 8.00. The zero-order valence-corrected chi connectivity index (χ0v) is 17.8. The van der Waals surface area contributed by atoms with Crippen LogP contribution in [-0.4, -0.2) is 37.9 Å². The van der Waals surface area contributed by atoms with Gasteiger partial charge < -0.3 is 10.6 Å². The monoisotopic (exact) mass is 449 g/mol. The maximum absolute atomic E-state index is 12.9. The topological polar surface area (TPSA) is 88.4 Å². The number of hydrogen-bond donors (Lipinski definition) is 2. The Morgan fingerprint density at radius 1 is 0.844 bits per heavy atom. The number of nitrogens with zero attached hydrogens (tertiary/aromatic N) is 3. The lowest BCUT2D eigenvalue weighted by atomic mass is 10.1. The predicted octanol–water partition coefficient (Wildman–Crippen LogP) is 3.77. The van der Waals surface area contributed by atoms with Crippen molar-refractivity contribution in [2.24, 2.45) is 0 Å². The Balaban J connectivity index is 1.22. The first kappa shape index (κ1) is 21.5. The lowest BCUT2D eigenvalue weighted by molar-refractivity contribution is -0.114. The smallest absolute Gasteiger partial charge is 0.234 e. The van der Waals surface area contributed by atoms with Crippen LogP contribution in [0.25, 0.3) is 5.65 Å². The fraction of sp³-hybridized carbons (Fsp3) is 0.130. The number of thioether (sulfide) groups is 1. The number of nitrogens with one attached hydrogen (secondary N) is 2. The van der Waals surface area contributed by atoms with E-state index in [1.54, 1.807) is 0 Å². The molecule has 32 heavy (non-hydrogen) atoms. The second kappa shape index (κ2) is 10.1. The van der Waals surface area contributed by atoms with Crippen molar-refractivity contribution in [2.45, 2.75) is 6.42 Å². The van der Waals surface area contributed by atoms with E-state index in [1.165, 1.54) is 36.0 Å². The van der Waals surface area contributed by atoms with Crippen LogP contribution in [0.2, 0.25) is 0 Å². The van der Waals surface area contributed by atoms with Crippen LogP contribution in [-0.2, 0) is 16.0 Å². The van der Waals surface area contributed by atoms with Gasteiger partial charge in [-0.15, -0.1) is 22.0 Å². The van der Waals surface area contributed by atoms with Gasteiger partial charge in [0.25, 0.3) is 0 Å². The molecule has 0 spiro atoms. The van der Waals surface area contributed by atoms with Crippen LogP contribution < -0.4 is 10.6 Å². The molecule has 2 aromatic heterocycles. The maximum Gasteiger partial charge on any atom is 0.234 e. The van der Waals surface area contributed by atoms with Crippen molar-refractivity contribution >= 4 is 40.6 Å². The van der Waals surface area contributed by atoms with Crippen molar-refractivity contribution in [1.82, 2.24) is 14.6 Å². The van der Waals surface area contributed by atoms with E-state index in [9.17, 15) is 14.0 Å². The summed E-state index contributed by atoms with van der Waals surface area (Å²) < 4.78 is 14.8. The van der Waals surface area contributed by atoms with Crippen LogP contribution in [0.15, 0.2) is 72.9 Å². The summed E-state index contributed by atoms with van der Waals surface area (Å²) in [6.07, 6.45) is 2.55. The number of pyridine rings is 1. The minimum Gasteiger partial charge on any atom is -0.325 e. The Morgan fingerprint density at radius 2 is 1.47 bits per heavy atom. The zero-order valence-electron chi connectivity index (χ0n) is 17.0. The highest BCUT2D eigenvalue weighted by Gasteiger charge is 2.08. The fourth-order valence-corrected chi connectivity index (χ4v) is 3.68. The summed E-state index contributed by atoms with van der Waals surface area (Å²) in [5.41, 5.74) is 3.05. The molecule has 0 radical (unpaired) electrons. The van der Waals surface area contributed by atoms with Gasteiger partial charge in [-0.1, -0.05) is 18.2 Å². The molecular formula is C23H20FN5O2S. The molecule has 2 N–H and O–H groups in total. The lowest BCUT2D eigenvalue weighted by Crippen LogP contribution is -2.18. The van der Waals surface area contributed by atoms with E-state index < -0.39 is 0 Å². The standard InChI is InChI=1S/C23H20FN5O2S/c24-17-6-10-19(11-7-17)26-23(31)15-32-14-22(30)25-18-8-4-16(5-9-18)13-21-28-27-20-3-1-2-12-29(20)21/h1-12H,13-15H2,(H,25,30)(H,26,31). The van der Waals surface area contributed by atoms with Crippen LogP contribution >= 0.6 is 11.8 Å². The molecule has 9 heteroatoms. The number of hydrogen-bond acceptors (Lipinski definition) is 5. The van der Waals surface area contributed by atoms with Crippen molar-refractivity contribution < 1.29 is 14.0 Å². The molecule has 4 rings (SSSR count). The summed E-state index contributed by atoms with van der Waals surface area (Å²) in [5, 5.41) is 13.9. The van der Waals surface area contributed by atoms with Gasteiger partial charge in [0.2, 0.25) is 11.8 Å². The van der Waals surface area contributed by atoms with Gasteiger partial charge in [-0.2, -0.15) is 0 Å². The largest absolute Gasteiger partial charge is 0.325 e. The highest BCUT2D eigenvalue weighted by Crippen LogP contribution is 2.15. The third-order valence-electron chi connectivity index (χ3n) is 4.58. The molecule has 2 heterocycles. The molecule has 0 atom stereocenters. The molecule has 0 aliphatic carbocycles. The van der Waals surface area contributed by atoms with Gasteiger partial charge in [-0.3, -0.25) is 14.0 Å². The molecule has 0 saturated heterocycles. The molecule has 0 aliphatic heterocycles. The van der Waals surface area contributed by atoms with Gasteiger partial charge in [0.1, 0.15) is 11.6 Å². The Kier molecular flexibility index (Phi) is 6.76. The number of amides is 2. The minimum atomic E-state index is -0.367. The first-order chi connectivity index (χ1) is 15.6. The summed E-state index contributed by atoms with van der Waals surface area (Å²) in [7, 11) is 0. The average Bonchev–Trinajstić information content (AvgIpc) is 3.19. The van der Waals surface area contributed by atoms with E-state index in [4.69, 9.17) is 0 Å². The van der Waals surface area contributed by atoms with Crippen LogP contribution in [0.5, 0.6) is 0 Å². The normalized spacial score (nSPS) is 10.8. The van der Waals surface area contributed by atoms with Crippen molar-refractivity contribution in [2.75, 3.05) is 22.1 Å². The van der Waals surface area contributed by atoms with Crippen molar-refractivity contribution in [3.63, 3.8) is 0 Å². The van der Waals surface area contributed by atoms with E-state index in [0.29, 0.717) is 17.8 Å². The Hall–Kier alpha value is -3.72. The lowest BCUT2D eigenvalue weighted by Gasteiger charge is -2.07. The quantitative estimate of drug-likeness (QED) is 0.428.